The lowest BCUT2D eigenvalue weighted by molar-refractivity contribution is -0.118. The number of amides is 1. The van der Waals surface area contributed by atoms with E-state index in [4.69, 9.17) is 4.74 Å². The molecule has 0 unspecified atom stereocenters. The largest absolute Gasteiger partial charge is 0.494 e. The third-order valence-electron chi connectivity index (χ3n) is 3.98. The number of ether oxygens (including phenoxy) is 1. The maximum Gasteiger partial charge on any atom is 0.239 e. The summed E-state index contributed by atoms with van der Waals surface area (Å²) in [6.45, 7) is 4.35. The molecule has 1 aliphatic rings. The van der Waals surface area contributed by atoms with Crippen molar-refractivity contribution in [1.82, 2.24) is 5.32 Å². The van der Waals surface area contributed by atoms with Crippen LogP contribution in [0.4, 0.5) is 4.39 Å². The van der Waals surface area contributed by atoms with E-state index in [2.05, 4.69) is 15.5 Å². The average Bonchev–Trinajstić information content (AvgIpc) is 3.01. The van der Waals surface area contributed by atoms with Crippen molar-refractivity contribution in [2.24, 2.45) is 10.2 Å². The number of rotatable bonds is 6. The molecule has 1 aliphatic heterocycles. The Bertz CT molecular complexity index is 864. The second kappa shape index (κ2) is 8.81. The van der Waals surface area contributed by atoms with Gasteiger partial charge in [-0.25, -0.2) is 4.39 Å². The Morgan fingerprint density at radius 3 is 2.56 bits per heavy atom. The molecule has 1 fully saturated rings. The summed E-state index contributed by atoms with van der Waals surface area (Å²) < 4.78 is 18.4. The van der Waals surface area contributed by atoms with E-state index in [9.17, 15) is 9.18 Å². The van der Waals surface area contributed by atoms with Crippen LogP contribution in [0.1, 0.15) is 25.0 Å². The molecule has 2 aromatic rings. The standard InChI is InChI=1S/C20H20FN3O2S/c1-3-26-17-10-4-14(5-11-17)12-18-19(25)22-20(27-18)24-23-13(2)15-6-8-16(21)9-7-15/h4-11,18H,3,12H2,1-2H3,(H,22,24,25)/b23-13-/t18-/m1/s1. The molecule has 0 spiro atoms. The van der Waals surface area contributed by atoms with Crippen LogP contribution < -0.4 is 10.1 Å². The summed E-state index contributed by atoms with van der Waals surface area (Å²) in [6, 6.07) is 13.8. The Morgan fingerprint density at radius 1 is 1.19 bits per heavy atom. The van der Waals surface area contributed by atoms with E-state index in [1.165, 1.54) is 23.9 Å². The molecule has 3 rings (SSSR count). The van der Waals surface area contributed by atoms with Gasteiger partial charge in [-0.05, 0) is 55.7 Å². The lowest BCUT2D eigenvalue weighted by atomic mass is 10.1. The first kappa shape index (κ1) is 19.1. The summed E-state index contributed by atoms with van der Waals surface area (Å²) in [5, 5.41) is 11.2. The third-order valence-corrected chi connectivity index (χ3v) is 5.06. The van der Waals surface area contributed by atoms with Crippen LogP contribution in [0.5, 0.6) is 5.75 Å². The van der Waals surface area contributed by atoms with Gasteiger partial charge >= 0.3 is 0 Å². The average molecular weight is 385 g/mol. The fraction of sp³-hybridized carbons (Fsp3) is 0.250. The molecule has 0 aromatic heterocycles. The van der Waals surface area contributed by atoms with Gasteiger partial charge in [-0.3, -0.25) is 4.79 Å². The first-order chi connectivity index (χ1) is 13.0. The zero-order chi connectivity index (χ0) is 19.2. The van der Waals surface area contributed by atoms with E-state index < -0.39 is 0 Å². The number of halogens is 1. The van der Waals surface area contributed by atoms with Gasteiger partial charge in [0.25, 0.3) is 0 Å². The second-order valence-corrected chi connectivity index (χ2v) is 7.17. The molecule has 0 radical (unpaired) electrons. The summed E-state index contributed by atoms with van der Waals surface area (Å²) in [5.41, 5.74) is 2.48. The minimum Gasteiger partial charge on any atom is -0.494 e. The zero-order valence-corrected chi connectivity index (χ0v) is 15.9. The predicted molar refractivity (Wildman–Crippen MR) is 107 cm³/mol. The van der Waals surface area contributed by atoms with Crippen molar-refractivity contribution >= 4 is 28.5 Å². The quantitative estimate of drug-likeness (QED) is 0.608. The molecular weight excluding hydrogens is 365 g/mol. The van der Waals surface area contributed by atoms with Crippen molar-refractivity contribution in [3.8, 4) is 5.75 Å². The first-order valence-corrected chi connectivity index (χ1v) is 9.50. The molecular formula is C20H20FN3O2S. The molecule has 0 aliphatic carbocycles. The number of nitrogens with one attached hydrogen (secondary N) is 1. The normalized spacial score (nSPS) is 18.6. The number of thioether (sulfide) groups is 1. The topological polar surface area (TPSA) is 63.1 Å². The van der Waals surface area contributed by atoms with Crippen molar-refractivity contribution < 1.29 is 13.9 Å². The molecule has 1 amide bonds. The summed E-state index contributed by atoms with van der Waals surface area (Å²) >= 11 is 1.36. The first-order valence-electron chi connectivity index (χ1n) is 8.62. The van der Waals surface area contributed by atoms with Crippen molar-refractivity contribution in [2.75, 3.05) is 6.61 Å². The van der Waals surface area contributed by atoms with Crippen LogP contribution in [-0.2, 0) is 11.2 Å². The Labute approximate surface area is 161 Å². The summed E-state index contributed by atoms with van der Waals surface area (Å²) in [6.07, 6.45) is 0.600. The molecule has 1 atom stereocenters. The van der Waals surface area contributed by atoms with E-state index in [0.717, 1.165) is 16.9 Å². The van der Waals surface area contributed by atoms with Gasteiger partial charge in [-0.2, -0.15) is 5.10 Å². The van der Waals surface area contributed by atoms with Crippen molar-refractivity contribution in [2.45, 2.75) is 25.5 Å². The highest BCUT2D eigenvalue weighted by atomic mass is 32.2. The molecule has 140 valence electrons. The van der Waals surface area contributed by atoms with E-state index in [1.54, 1.807) is 19.1 Å². The SMILES string of the molecule is CCOc1ccc(C[C@H]2S/C(=N\N=C(\C)c3ccc(F)cc3)NC2=O)cc1. The monoisotopic (exact) mass is 385 g/mol. The molecule has 0 saturated carbocycles. The minimum atomic E-state index is -0.298. The molecule has 1 saturated heterocycles. The van der Waals surface area contributed by atoms with Crippen LogP contribution in [-0.4, -0.2) is 28.6 Å². The Hall–Kier alpha value is -2.67. The fourth-order valence-corrected chi connectivity index (χ4v) is 3.52. The van der Waals surface area contributed by atoms with Crippen LogP contribution in [0, 0.1) is 5.82 Å². The molecule has 2 aromatic carbocycles. The Morgan fingerprint density at radius 2 is 1.89 bits per heavy atom. The van der Waals surface area contributed by atoms with Gasteiger partial charge < -0.3 is 10.1 Å². The van der Waals surface area contributed by atoms with Gasteiger partial charge in [0.2, 0.25) is 5.91 Å². The highest BCUT2D eigenvalue weighted by Crippen LogP contribution is 2.24. The number of carbonyl (C=O) groups is 1. The number of carbonyl (C=O) groups excluding carboxylic acids is 1. The van der Waals surface area contributed by atoms with Gasteiger partial charge in [-0.15, -0.1) is 5.10 Å². The van der Waals surface area contributed by atoms with Gasteiger partial charge in [0, 0.05) is 0 Å². The van der Waals surface area contributed by atoms with Crippen molar-refractivity contribution in [3.63, 3.8) is 0 Å². The summed E-state index contributed by atoms with van der Waals surface area (Å²) in [5.74, 6) is 0.438. The van der Waals surface area contributed by atoms with E-state index in [0.29, 0.717) is 23.9 Å². The fourth-order valence-electron chi connectivity index (χ4n) is 2.56. The maximum absolute atomic E-state index is 13.0. The summed E-state index contributed by atoms with van der Waals surface area (Å²) in [7, 11) is 0. The van der Waals surface area contributed by atoms with Crippen LogP contribution in [0.25, 0.3) is 0 Å². The molecule has 5 nitrogen and oxygen atoms in total. The van der Waals surface area contributed by atoms with Crippen molar-refractivity contribution in [3.05, 3.63) is 65.5 Å². The van der Waals surface area contributed by atoms with E-state index in [1.807, 2.05) is 31.2 Å². The molecule has 7 heteroatoms. The molecule has 1 heterocycles. The van der Waals surface area contributed by atoms with Crippen LogP contribution in [0.15, 0.2) is 58.7 Å². The minimum absolute atomic E-state index is 0.0812. The molecule has 0 bridgehead atoms. The predicted octanol–water partition coefficient (Wildman–Crippen LogP) is 3.78. The Kier molecular flexibility index (Phi) is 6.24. The van der Waals surface area contributed by atoms with Gasteiger partial charge in [-0.1, -0.05) is 36.0 Å². The number of benzene rings is 2. The molecule has 27 heavy (non-hydrogen) atoms. The highest BCUT2D eigenvalue weighted by Gasteiger charge is 2.30. The van der Waals surface area contributed by atoms with Gasteiger partial charge in [0.1, 0.15) is 11.6 Å². The van der Waals surface area contributed by atoms with E-state index in [-0.39, 0.29) is 17.0 Å². The smallest absolute Gasteiger partial charge is 0.239 e. The summed E-state index contributed by atoms with van der Waals surface area (Å²) in [4.78, 5) is 12.2. The molecule has 1 N–H and O–H groups in total. The van der Waals surface area contributed by atoms with Gasteiger partial charge in [0.05, 0.1) is 17.6 Å². The van der Waals surface area contributed by atoms with Crippen LogP contribution in [0.2, 0.25) is 0 Å². The lowest BCUT2D eigenvalue weighted by Crippen LogP contribution is -2.25. The Balaban J connectivity index is 1.63. The maximum atomic E-state index is 13.0. The number of nitrogens with zero attached hydrogens (tertiary/aromatic N) is 2. The van der Waals surface area contributed by atoms with Crippen LogP contribution in [0.3, 0.4) is 0 Å². The number of hydrogen-bond acceptors (Lipinski definition) is 5. The van der Waals surface area contributed by atoms with Crippen LogP contribution >= 0.6 is 11.8 Å². The number of amidine groups is 1. The van der Waals surface area contributed by atoms with E-state index >= 15 is 0 Å². The van der Waals surface area contributed by atoms with Crippen molar-refractivity contribution in [1.29, 1.82) is 0 Å². The lowest BCUT2D eigenvalue weighted by Gasteiger charge is -2.07. The highest BCUT2D eigenvalue weighted by molar-refractivity contribution is 8.15. The second-order valence-electron chi connectivity index (χ2n) is 5.97. The van der Waals surface area contributed by atoms with Gasteiger partial charge in [0.15, 0.2) is 5.17 Å². The number of hydrogen-bond donors (Lipinski definition) is 1. The zero-order valence-electron chi connectivity index (χ0n) is 15.1. The third kappa shape index (κ3) is 5.17.